The molecule has 1 N–H and O–H groups in total. The van der Waals surface area contributed by atoms with Gasteiger partial charge in [0.15, 0.2) is 0 Å². The van der Waals surface area contributed by atoms with Crippen molar-refractivity contribution < 1.29 is 4.79 Å². The van der Waals surface area contributed by atoms with Crippen molar-refractivity contribution in [2.24, 2.45) is 0 Å². The van der Waals surface area contributed by atoms with E-state index in [-0.39, 0.29) is 11.9 Å². The summed E-state index contributed by atoms with van der Waals surface area (Å²) in [6, 6.07) is 2.01. The third-order valence-corrected chi connectivity index (χ3v) is 4.69. The second-order valence-electron chi connectivity index (χ2n) is 5.17. The summed E-state index contributed by atoms with van der Waals surface area (Å²) >= 11 is 1.49. The number of nitrogens with one attached hydrogen (secondary N) is 1. The molecule has 1 unspecified atom stereocenters. The fraction of sp³-hybridized carbons (Fsp3) is 0.400. The molecule has 1 amide bonds. The first-order chi connectivity index (χ1) is 9.65. The highest BCUT2D eigenvalue weighted by Crippen LogP contribution is 2.28. The van der Waals surface area contributed by atoms with E-state index in [0.29, 0.717) is 0 Å². The van der Waals surface area contributed by atoms with E-state index in [9.17, 15) is 4.79 Å². The van der Waals surface area contributed by atoms with Crippen LogP contribution in [0.1, 0.15) is 51.2 Å². The lowest BCUT2D eigenvalue weighted by atomic mass is 9.92. The average Bonchev–Trinajstić information content (AvgIpc) is 2.85. The lowest BCUT2D eigenvalue weighted by molar-refractivity contribution is 0.0936. The van der Waals surface area contributed by atoms with Gasteiger partial charge in [0, 0.05) is 17.5 Å². The van der Waals surface area contributed by atoms with Gasteiger partial charge in [0.05, 0.1) is 10.9 Å². The predicted molar refractivity (Wildman–Crippen MR) is 79.0 cm³/mol. The second kappa shape index (κ2) is 5.32. The quantitative estimate of drug-likeness (QED) is 0.924. The highest BCUT2D eigenvalue weighted by atomic mass is 32.1. The van der Waals surface area contributed by atoms with Gasteiger partial charge < -0.3 is 5.32 Å². The van der Waals surface area contributed by atoms with Crippen molar-refractivity contribution in [3.8, 4) is 0 Å². The number of fused-ring (bicyclic) bond motifs is 1. The number of amides is 1. The largest absolute Gasteiger partial charge is 0.344 e. The minimum absolute atomic E-state index is 0.0101. The Morgan fingerprint density at radius 2 is 2.30 bits per heavy atom. The molecule has 0 saturated heterocycles. The van der Waals surface area contributed by atoms with Crippen molar-refractivity contribution in [3.05, 3.63) is 45.2 Å². The summed E-state index contributed by atoms with van der Waals surface area (Å²) in [5.74, 6) is 0.806. The Balaban J connectivity index is 1.83. The fourth-order valence-corrected chi connectivity index (χ4v) is 3.45. The molecule has 1 aliphatic rings. The third-order valence-electron chi connectivity index (χ3n) is 3.68. The molecule has 0 spiro atoms. The zero-order valence-corrected chi connectivity index (χ0v) is 12.5. The van der Waals surface area contributed by atoms with Crippen molar-refractivity contribution in [3.63, 3.8) is 0 Å². The SMILES string of the molecule is Cc1ncc2c(n1)CCCC2NC(=O)c1sccc1C. The van der Waals surface area contributed by atoms with Gasteiger partial charge in [-0.25, -0.2) is 9.97 Å². The fourth-order valence-electron chi connectivity index (χ4n) is 2.63. The van der Waals surface area contributed by atoms with Crippen LogP contribution in [0.4, 0.5) is 0 Å². The minimum Gasteiger partial charge on any atom is -0.344 e. The van der Waals surface area contributed by atoms with Gasteiger partial charge in [-0.2, -0.15) is 0 Å². The maximum Gasteiger partial charge on any atom is 0.262 e. The smallest absolute Gasteiger partial charge is 0.262 e. The van der Waals surface area contributed by atoms with Crippen LogP contribution in [-0.4, -0.2) is 15.9 Å². The molecule has 1 aliphatic carbocycles. The van der Waals surface area contributed by atoms with Crippen LogP contribution in [0, 0.1) is 13.8 Å². The molecule has 0 aromatic carbocycles. The first-order valence-electron chi connectivity index (χ1n) is 6.82. The van der Waals surface area contributed by atoms with Crippen LogP contribution in [0.2, 0.25) is 0 Å². The lowest BCUT2D eigenvalue weighted by Gasteiger charge is -2.25. The standard InChI is InChI=1S/C15H17N3OS/c1-9-6-7-20-14(9)15(19)18-13-5-3-4-12-11(13)8-16-10(2)17-12/h6-8,13H,3-5H2,1-2H3,(H,18,19). The molecule has 104 valence electrons. The van der Waals surface area contributed by atoms with Crippen molar-refractivity contribution in [2.45, 2.75) is 39.2 Å². The zero-order chi connectivity index (χ0) is 14.1. The van der Waals surface area contributed by atoms with E-state index in [1.807, 2.05) is 31.5 Å². The van der Waals surface area contributed by atoms with Crippen LogP contribution in [0.5, 0.6) is 0 Å². The van der Waals surface area contributed by atoms with Crippen LogP contribution < -0.4 is 5.32 Å². The number of carbonyl (C=O) groups excluding carboxylic acids is 1. The summed E-state index contributed by atoms with van der Waals surface area (Å²) in [6.07, 6.45) is 4.85. The summed E-state index contributed by atoms with van der Waals surface area (Å²) in [5, 5.41) is 5.08. The molecular weight excluding hydrogens is 270 g/mol. The molecule has 0 aliphatic heterocycles. The number of nitrogens with zero attached hydrogens (tertiary/aromatic N) is 2. The summed E-state index contributed by atoms with van der Waals surface area (Å²) < 4.78 is 0. The van der Waals surface area contributed by atoms with Crippen molar-refractivity contribution in [2.75, 3.05) is 0 Å². The maximum absolute atomic E-state index is 12.3. The van der Waals surface area contributed by atoms with Crippen molar-refractivity contribution in [1.82, 2.24) is 15.3 Å². The second-order valence-corrected chi connectivity index (χ2v) is 6.09. The number of hydrogen-bond donors (Lipinski definition) is 1. The summed E-state index contributed by atoms with van der Waals surface area (Å²) in [4.78, 5) is 21.9. The number of carbonyl (C=O) groups is 1. The van der Waals surface area contributed by atoms with Gasteiger partial charge in [-0.1, -0.05) is 0 Å². The highest BCUT2D eigenvalue weighted by molar-refractivity contribution is 7.12. The Bertz CT molecular complexity index is 650. The van der Waals surface area contributed by atoms with E-state index >= 15 is 0 Å². The van der Waals surface area contributed by atoms with Gasteiger partial charge in [-0.3, -0.25) is 4.79 Å². The van der Waals surface area contributed by atoms with E-state index < -0.39 is 0 Å². The van der Waals surface area contributed by atoms with Crippen molar-refractivity contribution >= 4 is 17.2 Å². The summed E-state index contributed by atoms with van der Waals surface area (Å²) in [5.41, 5.74) is 3.19. The Kier molecular flexibility index (Phi) is 3.53. The number of aromatic nitrogens is 2. The van der Waals surface area contributed by atoms with Crippen LogP contribution >= 0.6 is 11.3 Å². The Hall–Kier alpha value is -1.75. The summed E-state index contributed by atoms with van der Waals surface area (Å²) in [6.45, 7) is 3.87. The molecule has 4 nitrogen and oxygen atoms in total. The van der Waals surface area contributed by atoms with E-state index in [2.05, 4.69) is 15.3 Å². The van der Waals surface area contributed by atoms with Crippen LogP contribution in [0.25, 0.3) is 0 Å². The molecule has 3 rings (SSSR count). The van der Waals surface area contributed by atoms with Gasteiger partial charge >= 0.3 is 0 Å². The van der Waals surface area contributed by atoms with E-state index in [1.165, 1.54) is 11.3 Å². The zero-order valence-electron chi connectivity index (χ0n) is 11.6. The van der Waals surface area contributed by atoms with Gasteiger partial charge in [0.1, 0.15) is 5.82 Å². The van der Waals surface area contributed by atoms with E-state index in [4.69, 9.17) is 0 Å². The topological polar surface area (TPSA) is 54.9 Å². The maximum atomic E-state index is 12.3. The number of rotatable bonds is 2. The van der Waals surface area contributed by atoms with Gasteiger partial charge in [-0.15, -0.1) is 11.3 Å². The third kappa shape index (κ3) is 2.45. The molecule has 1 atom stereocenters. The molecule has 0 radical (unpaired) electrons. The van der Waals surface area contributed by atoms with Crippen LogP contribution in [0.15, 0.2) is 17.6 Å². The van der Waals surface area contributed by atoms with Crippen LogP contribution in [-0.2, 0) is 6.42 Å². The summed E-state index contributed by atoms with van der Waals surface area (Å²) in [7, 11) is 0. The number of thiophene rings is 1. The normalized spacial score (nSPS) is 17.6. The Morgan fingerprint density at radius 1 is 1.45 bits per heavy atom. The molecule has 2 aromatic heterocycles. The number of hydrogen-bond acceptors (Lipinski definition) is 4. The monoisotopic (exact) mass is 287 g/mol. The average molecular weight is 287 g/mol. The van der Waals surface area contributed by atoms with Gasteiger partial charge in [0.2, 0.25) is 0 Å². The first-order valence-corrected chi connectivity index (χ1v) is 7.70. The Morgan fingerprint density at radius 3 is 3.05 bits per heavy atom. The molecule has 20 heavy (non-hydrogen) atoms. The van der Waals surface area contributed by atoms with Crippen LogP contribution in [0.3, 0.4) is 0 Å². The van der Waals surface area contributed by atoms with E-state index in [0.717, 1.165) is 46.8 Å². The Labute approximate surface area is 122 Å². The van der Waals surface area contributed by atoms with E-state index in [1.54, 1.807) is 0 Å². The molecular formula is C15H17N3OS. The highest BCUT2D eigenvalue weighted by Gasteiger charge is 2.24. The minimum atomic E-state index is 0.0101. The first kappa shape index (κ1) is 13.2. The molecule has 2 heterocycles. The van der Waals surface area contributed by atoms with Gasteiger partial charge in [-0.05, 0) is 50.1 Å². The lowest BCUT2D eigenvalue weighted by Crippen LogP contribution is -2.31. The predicted octanol–water partition coefficient (Wildman–Crippen LogP) is 2.96. The molecule has 0 fully saturated rings. The molecule has 0 saturated carbocycles. The van der Waals surface area contributed by atoms with Gasteiger partial charge in [0.25, 0.3) is 5.91 Å². The molecule has 0 bridgehead atoms. The molecule has 2 aromatic rings. The number of aryl methyl sites for hydroxylation is 3. The van der Waals surface area contributed by atoms with Crippen molar-refractivity contribution in [1.29, 1.82) is 0 Å². The molecule has 5 heteroatoms.